The number of amides is 1. The Morgan fingerprint density at radius 1 is 1.15 bits per heavy atom. The van der Waals surface area contributed by atoms with Gasteiger partial charge < -0.3 is 16.8 Å². The molecule has 5 N–H and O–H groups in total. The molecule has 0 unspecified atom stereocenters. The molecule has 0 aliphatic rings. The fourth-order valence-corrected chi connectivity index (χ4v) is 2.63. The third-order valence-electron chi connectivity index (χ3n) is 3.79. The number of carbonyl (C=O) groups excluding carboxylic acids is 1. The Hall–Kier alpha value is -3.07. The van der Waals surface area contributed by atoms with Crippen molar-refractivity contribution >= 4 is 34.1 Å². The largest absolute Gasteiger partial charge is 0.383 e. The molecule has 0 aliphatic heterocycles. The van der Waals surface area contributed by atoms with Crippen molar-refractivity contribution in [1.82, 2.24) is 10.3 Å². The number of nitrogens with zero attached hydrogens (tertiary/aromatic N) is 1. The lowest BCUT2D eigenvalue weighted by molar-refractivity contribution is 0.0955. The molecule has 0 saturated carbocycles. The van der Waals surface area contributed by atoms with Crippen LogP contribution in [-0.2, 0) is 0 Å². The molecule has 130 valence electrons. The van der Waals surface area contributed by atoms with Crippen molar-refractivity contribution in [2.24, 2.45) is 5.73 Å². The highest BCUT2D eigenvalue weighted by atomic mass is 35.5. The molecule has 1 amide bonds. The second-order valence-corrected chi connectivity index (χ2v) is 6.06. The standard InChI is InChI=1S/C20H17ClN4O/c21-16-7-6-15-12-25-19(23)17(18(15)11-16)8-3-13-1-4-14(5-2-13)20(26)24-10-9-22/h1-2,4-7,11-12H,9-10,22H2,(H2,23,25)(H,24,26). The number of hydrogen-bond donors (Lipinski definition) is 3. The molecule has 0 aliphatic carbocycles. The van der Waals surface area contributed by atoms with Crippen molar-refractivity contribution in [3.05, 3.63) is 70.4 Å². The number of rotatable bonds is 3. The average Bonchev–Trinajstić information content (AvgIpc) is 2.65. The van der Waals surface area contributed by atoms with E-state index in [4.69, 9.17) is 23.1 Å². The summed E-state index contributed by atoms with van der Waals surface area (Å²) in [5.41, 5.74) is 13.3. The van der Waals surface area contributed by atoms with Crippen molar-refractivity contribution in [3.8, 4) is 11.8 Å². The molecule has 2 aromatic carbocycles. The first-order chi connectivity index (χ1) is 12.6. The van der Waals surface area contributed by atoms with Gasteiger partial charge in [0.2, 0.25) is 0 Å². The van der Waals surface area contributed by atoms with Gasteiger partial charge in [-0.05, 0) is 36.4 Å². The van der Waals surface area contributed by atoms with E-state index >= 15 is 0 Å². The van der Waals surface area contributed by atoms with Crippen LogP contribution in [0.4, 0.5) is 5.82 Å². The van der Waals surface area contributed by atoms with Crippen LogP contribution in [0, 0.1) is 11.8 Å². The Labute approximate surface area is 156 Å². The Balaban J connectivity index is 1.90. The molecule has 1 aromatic heterocycles. The van der Waals surface area contributed by atoms with E-state index in [-0.39, 0.29) is 5.91 Å². The molecule has 3 rings (SSSR count). The normalized spacial score (nSPS) is 10.2. The molecule has 26 heavy (non-hydrogen) atoms. The number of pyridine rings is 1. The summed E-state index contributed by atoms with van der Waals surface area (Å²) in [6.45, 7) is 0.843. The third kappa shape index (κ3) is 3.94. The fraction of sp³-hybridized carbons (Fsp3) is 0.100. The highest BCUT2D eigenvalue weighted by Crippen LogP contribution is 2.24. The van der Waals surface area contributed by atoms with E-state index in [1.807, 2.05) is 12.1 Å². The fourth-order valence-electron chi connectivity index (χ4n) is 2.46. The van der Waals surface area contributed by atoms with Crippen molar-refractivity contribution < 1.29 is 4.79 Å². The topological polar surface area (TPSA) is 94.0 Å². The van der Waals surface area contributed by atoms with Crippen LogP contribution in [-0.4, -0.2) is 24.0 Å². The van der Waals surface area contributed by atoms with E-state index in [2.05, 4.69) is 22.1 Å². The Kier molecular flexibility index (Phi) is 5.37. The number of nitrogens with two attached hydrogens (primary N) is 2. The number of carbonyl (C=O) groups is 1. The maximum Gasteiger partial charge on any atom is 0.251 e. The molecule has 0 bridgehead atoms. The first kappa shape index (κ1) is 17.7. The summed E-state index contributed by atoms with van der Waals surface area (Å²) >= 11 is 6.09. The Bertz CT molecular complexity index is 1010. The van der Waals surface area contributed by atoms with E-state index in [0.717, 1.165) is 16.3 Å². The predicted molar refractivity (Wildman–Crippen MR) is 105 cm³/mol. The van der Waals surface area contributed by atoms with Crippen LogP contribution in [0.25, 0.3) is 10.8 Å². The maximum atomic E-state index is 11.9. The monoisotopic (exact) mass is 364 g/mol. The molecule has 5 nitrogen and oxygen atoms in total. The van der Waals surface area contributed by atoms with E-state index in [9.17, 15) is 4.79 Å². The summed E-state index contributed by atoms with van der Waals surface area (Å²) in [7, 11) is 0. The van der Waals surface area contributed by atoms with Crippen molar-refractivity contribution in [2.45, 2.75) is 0 Å². The third-order valence-corrected chi connectivity index (χ3v) is 4.03. The predicted octanol–water partition coefficient (Wildman–Crippen LogP) is 2.56. The van der Waals surface area contributed by atoms with Gasteiger partial charge >= 0.3 is 0 Å². The van der Waals surface area contributed by atoms with Crippen molar-refractivity contribution in [1.29, 1.82) is 0 Å². The number of halogens is 1. The van der Waals surface area contributed by atoms with E-state index < -0.39 is 0 Å². The molecular weight excluding hydrogens is 348 g/mol. The highest BCUT2D eigenvalue weighted by Gasteiger charge is 2.06. The minimum absolute atomic E-state index is 0.160. The first-order valence-corrected chi connectivity index (χ1v) is 8.40. The van der Waals surface area contributed by atoms with Crippen LogP contribution in [0.1, 0.15) is 21.5 Å². The van der Waals surface area contributed by atoms with E-state index in [0.29, 0.717) is 35.1 Å². The zero-order valence-electron chi connectivity index (χ0n) is 13.9. The van der Waals surface area contributed by atoms with Gasteiger partial charge in [0.15, 0.2) is 0 Å². The lowest BCUT2D eigenvalue weighted by Gasteiger charge is -2.04. The number of fused-ring (bicyclic) bond motifs is 1. The number of anilines is 1. The van der Waals surface area contributed by atoms with Gasteiger partial charge in [-0.2, -0.15) is 0 Å². The molecule has 1 heterocycles. The summed E-state index contributed by atoms with van der Waals surface area (Å²) < 4.78 is 0. The van der Waals surface area contributed by atoms with Crippen LogP contribution >= 0.6 is 11.6 Å². The minimum Gasteiger partial charge on any atom is -0.383 e. The van der Waals surface area contributed by atoms with Gasteiger partial charge in [-0.15, -0.1) is 0 Å². The number of nitrogen functional groups attached to an aromatic ring is 1. The molecule has 0 atom stereocenters. The second kappa shape index (κ2) is 7.87. The summed E-state index contributed by atoms with van der Waals surface area (Å²) in [6, 6.07) is 12.5. The van der Waals surface area contributed by atoms with E-state index in [1.54, 1.807) is 36.5 Å². The van der Waals surface area contributed by atoms with Crippen LogP contribution < -0.4 is 16.8 Å². The minimum atomic E-state index is -0.160. The molecule has 6 heteroatoms. The van der Waals surface area contributed by atoms with Gasteiger partial charge in [-0.3, -0.25) is 4.79 Å². The lowest BCUT2D eigenvalue weighted by Crippen LogP contribution is -2.28. The number of aromatic nitrogens is 1. The zero-order chi connectivity index (χ0) is 18.5. The Morgan fingerprint density at radius 2 is 1.92 bits per heavy atom. The van der Waals surface area contributed by atoms with Crippen LogP contribution in [0.2, 0.25) is 5.02 Å². The van der Waals surface area contributed by atoms with Gasteiger partial charge in [0, 0.05) is 46.2 Å². The van der Waals surface area contributed by atoms with Gasteiger partial charge in [0.05, 0.1) is 5.56 Å². The summed E-state index contributed by atoms with van der Waals surface area (Å²) in [6.07, 6.45) is 1.70. The maximum absolute atomic E-state index is 11.9. The van der Waals surface area contributed by atoms with Crippen LogP contribution in [0.15, 0.2) is 48.7 Å². The van der Waals surface area contributed by atoms with Crippen molar-refractivity contribution in [3.63, 3.8) is 0 Å². The van der Waals surface area contributed by atoms with Gasteiger partial charge in [0.1, 0.15) is 5.82 Å². The lowest BCUT2D eigenvalue weighted by atomic mass is 10.1. The quantitative estimate of drug-likeness (QED) is 0.622. The number of nitrogens with one attached hydrogen (secondary N) is 1. The van der Waals surface area contributed by atoms with Gasteiger partial charge in [0.25, 0.3) is 5.91 Å². The molecule has 0 radical (unpaired) electrons. The number of hydrogen-bond acceptors (Lipinski definition) is 4. The highest BCUT2D eigenvalue weighted by molar-refractivity contribution is 6.31. The van der Waals surface area contributed by atoms with Crippen LogP contribution in [0.5, 0.6) is 0 Å². The van der Waals surface area contributed by atoms with E-state index in [1.165, 1.54) is 0 Å². The average molecular weight is 365 g/mol. The van der Waals surface area contributed by atoms with Gasteiger partial charge in [-0.25, -0.2) is 4.98 Å². The Morgan fingerprint density at radius 3 is 2.65 bits per heavy atom. The van der Waals surface area contributed by atoms with Crippen LogP contribution in [0.3, 0.4) is 0 Å². The SMILES string of the molecule is NCCNC(=O)c1ccc(C#Cc2c(N)ncc3ccc(Cl)cc23)cc1. The molecular formula is C20H17ClN4O. The molecule has 0 fully saturated rings. The second-order valence-electron chi connectivity index (χ2n) is 5.62. The first-order valence-electron chi connectivity index (χ1n) is 8.02. The molecule has 3 aromatic rings. The van der Waals surface area contributed by atoms with Gasteiger partial charge in [-0.1, -0.05) is 29.5 Å². The zero-order valence-corrected chi connectivity index (χ0v) is 14.7. The van der Waals surface area contributed by atoms with Crippen molar-refractivity contribution in [2.75, 3.05) is 18.8 Å². The molecule has 0 saturated heterocycles. The summed E-state index contributed by atoms with van der Waals surface area (Å²) in [5, 5.41) is 5.10. The summed E-state index contributed by atoms with van der Waals surface area (Å²) in [5.74, 6) is 6.32. The summed E-state index contributed by atoms with van der Waals surface area (Å²) in [4.78, 5) is 16.1. The smallest absolute Gasteiger partial charge is 0.251 e. The molecule has 0 spiro atoms. The number of benzene rings is 2.